The van der Waals surface area contributed by atoms with Crippen LogP contribution in [0.3, 0.4) is 0 Å². The van der Waals surface area contributed by atoms with E-state index in [1.165, 1.54) is 6.07 Å². The Balaban J connectivity index is 1.88. The van der Waals surface area contributed by atoms with E-state index in [0.717, 1.165) is 16.7 Å². The second-order valence-electron chi connectivity index (χ2n) is 7.26. The van der Waals surface area contributed by atoms with Gasteiger partial charge in [0, 0.05) is 17.6 Å². The molecule has 6 nitrogen and oxygen atoms in total. The summed E-state index contributed by atoms with van der Waals surface area (Å²) in [6.45, 7) is 5.85. The predicted molar refractivity (Wildman–Crippen MR) is 116 cm³/mol. The second kappa shape index (κ2) is 7.83. The molecule has 2 aromatic heterocycles. The van der Waals surface area contributed by atoms with Gasteiger partial charge in [0.15, 0.2) is 0 Å². The Labute approximate surface area is 173 Å². The van der Waals surface area contributed by atoms with E-state index in [1.807, 2.05) is 45.0 Å². The van der Waals surface area contributed by atoms with Crippen LogP contribution < -0.4 is 10.9 Å². The topological polar surface area (TPSA) is 87.7 Å². The highest BCUT2D eigenvalue weighted by Gasteiger charge is 2.14. The van der Waals surface area contributed by atoms with Crippen molar-refractivity contribution in [3.8, 4) is 5.75 Å². The van der Waals surface area contributed by atoms with Crippen molar-refractivity contribution >= 4 is 28.4 Å². The summed E-state index contributed by atoms with van der Waals surface area (Å²) in [5.41, 5.74) is 4.58. The Morgan fingerprint density at radius 3 is 2.57 bits per heavy atom. The number of aromatic nitrogens is 1. The molecule has 30 heavy (non-hydrogen) atoms. The van der Waals surface area contributed by atoms with Crippen LogP contribution in [0.15, 0.2) is 70.2 Å². The fraction of sp³-hybridized carbons (Fsp3) is 0.125. The van der Waals surface area contributed by atoms with Gasteiger partial charge in [-0.1, -0.05) is 18.2 Å². The van der Waals surface area contributed by atoms with Gasteiger partial charge in [-0.3, -0.25) is 4.79 Å². The molecule has 150 valence electrons. The molecule has 0 saturated carbocycles. The summed E-state index contributed by atoms with van der Waals surface area (Å²) < 4.78 is 5.94. The van der Waals surface area contributed by atoms with Crippen LogP contribution in [-0.2, 0) is 0 Å². The number of anilines is 1. The van der Waals surface area contributed by atoms with Crippen molar-refractivity contribution in [3.05, 3.63) is 88.6 Å². The number of benzene rings is 2. The average Bonchev–Trinajstić information content (AvgIpc) is 2.72. The first-order valence-corrected chi connectivity index (χ1v) is 9.52. The van der Waals surface area contributed by atoms with Crippen LogP contribution in [0.5, 0.6) is 5.75 Å². The summed E-state index contributed by atoms with van der Waals surface area (Å²) in [6.07, 6.45) is 1.69. The molecular formula is C24H21N3O3. The normalized spacial score (nSPS) is 11.6. The van der Waals surface area contributed by atoms with Crippen molar-refractivity contribution in [1.29, 1.82) is 0 Å². The molecule has 2 heterocycles. The van der Waals surface area contributed by atoms with Crippen molar-refractivity contribution in [2.24, 2.45) is 4.99 Å². The molecule has 0 unspecified atom stereocenters. The average molecular weight is 399 g/mol. The minimum absolute atomic E-state index is 0.0741. The lowest BCUT2D eigenvalue weighted by Crippen LogP contribution is -2.22. The van der Waals surface area contributed by atoms with Crippen LogP contribution in [0, 0.1) is 20.8 Å². The summed E-state index contributed by atoms with van der Waals surface area (Å²) in [5.74, 6) is 0.133. The molecule has 4 rings (SSSR count). The number of rotatable bonds is 3. The fourth-order valence-electron chi connectivity index (χ4n) is 3.03. The van der Waals surface area contributed by atoms with Gasteiger partial charge >= 0.3 is 0 Å². The number of hydrogen-bond acceptors (Lipinski definition) is 5. The zero-order chi connectivity index (χ0) is 21.3. The largest absolute Gasteiger partial charge is 0.508 e. The van der Waals surface area contributed by atoms with Crippen molar-refractivity contribution in [3.63, 3.8) is 0 Å². The predicted octanol–water partition coefficient (Wildman–Crippen LogP) is 4.94. The fourth-order valence-corrected chi connectivity index (χ4v) is 3.03. The van der Waals surface area contributed by atoms with Gasteiger partial charge in [0.2, 0.25) is 5.55 Å². The summed E-state index contributed by atoms with van der Waals surface area (Å²) >= 11 is 0. The lowest BCUT2D eigenvalue weighted by Gasteiger charge is -2.08. The summed E-state index contributed by atoms with van der Waals surface area (Å²) in [5, 5.41) is 13.3. The van der Waals surface area contributed by atoms with Crippen LogP contribution in [0.1, 0.15) is 27.0 Å². The summed E-state index contributed by atoms with van der Waals surface area (Å²) in [7, 11) is 0. The third kappa shape index (κ3) is 4.07. The van der Waals surface area contributed by atoms with Gasteiger partial charge in [-0.25, -0.2) is 9.98 Å². The molecule has 1 amide bonds. The number of pyridine rings is 1. The number of aromatic hydroxyl groups is 1. The molecule has 0 aliphatic rings. The molecule has 2 aromatic carbocycles. The van der Waals surface area contributed by atoms with Gasteiger partial charge in [0.05, 0.1) is 5.69 Å². The molecule has 0 atom stereocenters. The van der Waals surface area contributed by atoms with E-state index < -0.39 is 0 Å². The summed E-state index contributed by atoms with van der Waals surface area (Å²) in [6, 6.07) is 16.0. The zero-order valence-electron chi connectivity index (χ0n) is 16.9. The highest BCUT2D eigenvalue weighted by atomic mass is 16.3. The zero-order valence-corrected chi connectivity index (χ0v) is 16.9. The van der Waals surface area contributed by atoms with Crippen LogP contribution in [0.2, 0.25) is 0 Å². The molecule has 0 radical (unpaired) electrons. The van der Waals surface area contributed by atoms with E-state index >= 15 is 0 Å². The maximum atomic E-state index is 13.1. The minimum atomic E-state index is -0.380. The van der Waals surface area contributed by atoms with Gasteiger partial charge in [0.25, 0.3) is 5.91 Å². The standard InChI is InChI=1S/C24H21N3O3/c1-14-4-6-16(3)20(10-14)26-24-19(11-17-7-8-18(28)12-21(17)30-24)23(29)27-22-9-5-15(2)13-25-22/h4-13,28H,1-3H3,(H,25,27,29). The van der Waals surface area contributed by atoms with Gasteiger partial charge in [-0.05, 0) is 67.8 Å². The third-order valence-corrected chi connectivity index (χ3v) is 4.72. The van der Waals surface area contributed by atoms with Crippen LogP contribution >= 0.6 is 0 Å². The molecule has 0 aliphatic heterocycles. The Kier molecular flexibility index (Phi) is 5.06. The molecule has 0 bridgehead atoms. The Morgan fingerprint density at radius 1 is 1.00 bits per heavy atom. The number of aryl methyl sites for hydroxylation is 3. The molecule has 0 aliphatic carbocycles. The first-order valence-electron chi connectivity index (χ1n) is 9.52. The molecule has 6 heteroatoms. The monoisotopic (exact) mass is 399 g/mol. The van der Waals surface area contributed by atoms with E-state index in [0.29, 0.717) is 22.5 Å². The highest BCUT2D eigenvalue weighted by molar-refractivity contribution is 6.05. The number of nitrogens with zero attached hydrogens (tertiary/aromatic N) is 2. The van der Waals surface area contributed by atoms with Gasteiger partial charge < -0.3 is 14.8 Å². The van der Waals surface area contributed by atoms with Crippen molar-refractivity contribution in [2.75, 3.05) is 5.32 Å². The molecular weight excluding hydrogens is 378 g/mol. The van der Waals surface area contributed by atoms with E-state index in [1.54, 1.807) is 30.5 Å². The minimum Gasteiger partial charge on any atom is -0.508 e. The number of hydrogen-bond donors (Lipinski definition) is 2. The van der Waals surface area contributed by atoms with E-state index in [9.17, 15) is 9.90 Å². The van der Waals surface area contributed by atoms with Gasteiger partial charge in [0.1, 0.15) is 22.7 Å². The van der Waals surface area contributed by atoms with E-state index in [4.69, 9.17) is 4.42 Å². The van der Waals surface area contributed by atoms with Crippen LogP contribution in [0.25, 0.3) is 11.0 Å². The SMILES string of the molecule is Cc1ccc(NC(=O)c2cc3ccc(O)cc3oc2=Nc2cc(C)ccc2C)nc1. The smallest absolute Gasteiger partial charge is 0.262 e. The first kappa shape index (κ1) is 19.4. The van der Waals surface area contributed by atoms with E-state index in [2.05, 4.69) is 15.3 Å². The molecule has 4 aromatic rings. The van der Waals surface area contributed by atoms with Crippen molar-refractivity contribution < 1.29 is 14.3 Å². The molecule has 0 saturated heterocycles. The van der Waals surface area contributed by atoms with Gasteiger partial charge in [-0.2, -0.15) is 0 Å². The Bertz CT molecular complexity index is 1320. The number of phenols is 1. The number of carbonyl (C=O) groups excluding carboxylic acids is 1. The lowest BCUT2D eigenvalue weighted by atomic mass is 10.1. The number of carbonyl (C=O) groups is 1. The number of phenolic OH excluding ortho intramolecular Hbond substituents is 1. The maximum Gasteiger partial charge on any atom is 0.262 e. The van der Waals surface area contributed by atoms with E-state index in [-0.39, 0.29) is 22.8 Å². The lowest BCUT2D eigenvalue weighted by molar-refractivity contribution is 0.102. The van der Waals surface area contributed by atoms with Crippen LogP contribution in [0.4, 0.5) is 11.5 Å². The molecule has 0 fully saturated rings. The van der Waals surface area contributed by atoms with Crippen molar-refractivity contribution in [1.82, 2.24) is 4.98 Å². The number of amides is 1. The van der Waals surface area contributed by atoms with Crippen molar-refractivity contribution in [2.45, 2.75) is 20.8 Å². The maximum absolute atomic E-state index is 13.1. The highest BCUT2D eigenvalue weighted by Crippen LogP contribution is 2.22. The van der Waals surface area contributed by atoms with Gasteiger partial charge in [-0.15, -0.1) is 0 Å². The number of fused-ring (bicyclic) bond motifs is 1. The van der Waals surface area contributed by atoms with Crippen LogP contribution in [-0.4, -0.2) is 16.0 Å². The number of nitrogens with one attached hydrogen (secondary N) is 1. The quantitative estimate of drug-likeness (QED) is 0.511. The molecule has 2 N–H and O–H groups in total. The molecule has 0 spiro atoms. The second-order valence-corrected chi connectivity index (χ2v) is 7.26. The third-order valence-electron chi connectivity index (χ3n) is 4.72. The summed E-state index contributed by atoms with van der Waals surface area (Å²) in [4.78, 5) is 21.9. The Hall–Kier alpha value is -3.93. The Morgan fingerprint density at radius 2 is 1.80 bits per heavy atom. The first-order chi connectivity index (χ1) is 14.4.